The van der Waals surface area contributed by atoms with Crippen molar-refractivity contribution in [3.05, 3.63) is 84.4 Å². The molecule has 0 saturated carbocycles. The third kappa shape index (κ3) is 5.64. The second-order valence-electron chi connectivity index (χ2n) is 6.26. The van der Waals surface area contributed by atoms with E-state index in [2.05, 4.69) is 6.58 Å². The topological polar surface area (TPSA) is 38.7 Å². The minimum atomic E-state index is -5.31. The molecule has 0 bridgehead atoms. The average molecular weight is 398 g/mol. The third-order valence-corrected chi connectivity index (χ3v) is 4.17. The minimum Gasteiger partial charge on any atom is -0.388 e. The van der Waals surface area contributed by atoms with Crippen molar-refractivity contribution in [1.29, 1.82) is 0 Å². The smallest absolute Gasteiger partial charge is 0.388 e. The molecule has 0 saturated heterocycles. The van der Waals surface area contributed by atoms with Crippen LogP contribution in [0.15, 0.2) is 73.3 Å². The number of halogens is 4. The van der Waals surface area contributed by atoms with E-state index in [1.165, 1.54) is 0 Å². The van der Waals surface area contributed by atoms with Gasteiger partial charge in [0.15, 0.2) is 0 Å². The number of alkyl halides is 4. The van der Waals surface area contributed by atoms with E-state index in [1.807, 2.05) is 0 Å². The fourth-order valence-corrected chi connectivity index (χ4v) is 2.62. The van der Waals surface area contributed by atoms with Crippen LogP contribution in [0.4, 0.5) is 17.6 Å². The molecule has 1 N–H and O–H groups in total. The molecular weight excluding hydrogens is 376 g/mol. The Morgan fingerprint density at radius 2 is 1.39 bits per heavy atom. The van der Waals surface area contributed by atoms with Crippen molar-refractivity contribution in [3.63, 3.8) is 0 Å². The molecule has 0 aliphatic carbocycles. The van der Waals surface area contributed by atoms with Gasteiger partial charge >= 0.3 is 6.18 Å². The van der Waals surface area contributed by atoms with Gasteiger partial charge in [-0.2, -0.15) is 13.2 Å². The summed E-state index contributed by atoms with van der Waals surface area (Å²) in [5, 5.41) is 10.3. The van der Waals surface area contributed by atoms with Crippen LogP contribution in [0, 0.1) is 0 Å². The molecule has 0 spiro atoms. The predicted octanol–water partition coefficient (Wildman–Crippen LogP) is 4.61. The first-order valence-electron chi connectivity index (χ1n) is 8.62. The Hall–Kier alpha value is -2.22. The molecule has 3 nitrogen and oxygen atoms in total. The van der Waals surface area contributed by atoms with E-state index >= 15 is 0 Å². The van der Waals surface area contributed by atoms with Crippen molar-refractivity contribution in [3.8, 4) is 0 Å². The molecule has 28 heavy (non-hydrogen) atoms. The first kappa shape index (κ1) is 22.1. The molecule has 3 atom stereocenters. The highest BCUT2D eigenvalue weighted by atomic mass is 19.4. The largest absolute Gasteiger partial charge is 0.428 e. The van der Waals surface area contributed by atoms with Gasteiger partial charge in [-0.15, -0.1) is 0 Å². The number of benzene rings is 2. The van der Waals surface area contributed by atoms with E-state index in [-0.39, 0.29) is 19.3 Å². The zero-order valence-corrected chi connectivity index (χ0v) is 15.1. The Morgan fingerprint density at radius 1 is 0.893 bits per heavy atom. The van der Waals surface area contributed by atoms with Gasteiger partial charge in [-0.05, 0) is 17.2 Å². The summed E-state index contributed by atoms with van der Waals surface area (Å²) < 4.78 is 65.3. The number of hydrogen-bond donors (Lipinski definition) is 1. The molecule has 0 amide bonds. The van der Waals surface area contributed by atoms with Crippen LogP contribution in [-0.2, 0) is 22.7 Å². The summed E-state index contributed by atoms with van der Waals surface area (Å²) in [6, 6.07) is 17.2. The Balaban J connectivity index is 2.10. The predicted molar refractivity (Wildman–Crippen MR) is 97.2 cm³/mol. The zero-order valence-electron chi connectivity index (χ0n) is 15.1. The standard InChI is InChI=1S/C21H22F4O3/c1-2-20(22,21(23,24)25)19(28-14-17-11-7-4-8-12-17)18(26)15-27-13-16-9-5-3-6-10-16/h2-12,18-19,26H,1,13-15H2/t18-,19-,20-/m1/s1. The first-order valence-corrected chi connectivity index (χ1v) is 8.62. The fraction of sp³-hybridized carbons (Fsp3) is 0.333. The molecule has 0 unspecified atom stereocenters. The van der Waals surface area contributed by atoms with Crippen LogP contribution in [-0.4, -0.2) is 35.8 Å². The number of ether oxygens (including phenoxy) is 2. The van der Waals surface area contributed by atoms with Gasteiger partial charge < -0.3 is 14.6 Å². The summed E-state index contributed by atoms with van der Waals surface area (Å²) >= 11 is 0. The lowest BCUT2D eigenvalue weighted by atomic mass is 9.93. The fourth-order valence-electron chi connectivity index (χ4n) is 2.62. The minimum absolute atomic E-state index is 0.0582. The van der Waals surface area contributed by atoms with Gasteiger partial charge in [0.2, 0.25) is 0 Å². The van der Waals surface area contributed by atoms with E-state index < -0.39 is 30.7 Å². The molecule has 0 aromatic heterocycles. The van der Waals surface area contributed by atoms with Crippen molar-refractivity contribution in [2.24, 2.45) is 0 Å². The van der Waals surface area contributed by atoms with Crippen molar-refractivity contribution < 1.29 is 32.1 Å². The Labute approximate surface area is 161 Å². The lowest BCUT2D eigenvalue weighted by Gasteiger charge is -2.35. The van der Waals surface area contributed by atoms with Crippen LogP contribution >= 0.6 is 0 Å². The second kappa shape index (κ2) is 9.82. The van der Waals surface area contributed by atoms with Crippen molar-refractivity contribution in [1.82, 2.24) is 0 Å². The van der Waals surface area contributed by atoms with E-state index in [4.69, 9.17) is 9.47 Å². The number of rotatable bonds is 10. The maximum atomic E-state index is 14.8. The Morgan fingerprint density at radius 3 is 1.86 bits per heavy atom. The molecule has 0 fully saturated rings. The summed E-state index contributed by atoms with van der Waals surface area (Å²) in [6.07, 6.45) is -9.29. The maximum Gasteiger partial charge on any atom is 0.428 e. The average Bonchev–Trinajstić information content (AvgIpc) is 2.68. The van der Waals surface area contributed by atoms with Gasteiger partial charge in [0.1, 0.15) is 12.2 Å². The monoisotopic (exact) mass is 398 g/mol. The zero-order chi connectivity index (χ0) is 20.6. The number of aliphatic hydroxyl groups excluding tert-OH is 1. The Bertz CT molecular complexity index is 721. The van der Waals surface area contributed by atoms with E-state index in [0.717, 1.165) is 5.56 Å². The number of hydrogen-bond acceptors (Lipinski definition) is 3. The van der Waals surface area contributed by atoms with Crippen LogP contribution in [0.1, 0.15) is 11.1 Å². The quantitative estimate of drug-likeness (QED) is 0.469. The second-order valence-corrected chi connectivity index (χ2v) is 6.26. The number of aliphatic hydroxyl groups is 1. The maximum absolute atomic E-state index is 14.8. The third-order valence-electron chi connectivity index (χ3n) is 4.17. The van der Waals surface area contributed by atoms with Crippen molar-refractivity contribution >= 4 is 0 Å². The summed E-state index contributed by atoms with van der Waals surface area (Å²) in [4.78, 5) is 0. The molecule has 0 radical (unpaired) electrons. The molecule has 152 valence electrons. The highest BCUT2D eigenvalue weighted by molar-refractivity contribution is 5.15. The summed E-state index contributed by atoms with van der Waals surface area (Å²) in [5.41, 5.74) is -2.63. The highest BCUT2D eigenvalue weighted by Crippen LogP contribution is 2.40. The van der Waals surface area contributed by atoms with Crippen LogP contribution in [0.5, 0.6) is 0 Å². The van der Waals surface area contributed by atoms with Crippen LogP contribution in [0.3, 0.4) is 0 Å². The summed E-state index contributed by atoms with van der Waals surface area (Å²) in [7, 11) is 0. The molecule has 2 aromatic carbocycles. The van der Waals surface area contributed by atoms with E-state index in [0.29, 0.717) is 5.56 Å². The molecule has 2 rings (SSSR count). The summed E-state index contributed by atoms with van der Waals surface area (Å²) in [5.74, 6) is 0. The van der Waals surface area contributed by atoms with Crippen LogP contribution < -0.4 is 0 Å². The van der Waals surface area contributed by atoms with Gasteiger partial charge in [-0.3, -0.25) is 0 Å². The SMILES string of the molecule is C=C[C@@](F)([C@H](OCc1ccccc1)[C@H](O)COCc1ccccc1)C(F)(F)F. The van der Waals surface area contributed by atoms with E-state index in [1.54, 1.807) is 60.7 Å². The van der Waals surface area contributed by atoms with Gasteiger partial charge in [-0.25, -0.2) is 4.39 Å². The van der Waals surface area contributed by atoms with Gasteiger partial charge in [-0.1, -0.05) is 67.2 Å². The molecule has 0 heterocycles. The van der Waals surface area contributed by atoms with Crippen LogP contribution in [0.25, 0.3) is 0 Å². The van der Waals surface area contributed by atoms with Gasteiger partial charge in [0, 0.05) is 0 Å². The van der Waals surface area contributed by atoms with Crippen LogP contribution in [0.2, 0.25) is 0 Å². The highest BCUT2D eigenvalue weighted by Gasteiger charge is 2.61. The molecule has 7 heteroatoms. The molecule has 2 aromatic rings. The first-order chi connectivity index (χ1) is 13.3. The normalized spacial score (nSPS) is 16.2. The molecule has 0 aliphatic heterocycles. The Kier molecular flexibility index (Phi) is 7.74. The van der Waals surface area contributed by atoms with Gasteiger partial charge in [0.05, 0.1) is 19.8 Å². The van der Waals surface area contributed by atoms with Crippen molar-refractivity contribution in [2.45, 2.75) is 37.3 Å². The lowest BCUT2D eigenvalue weighted by Crippen LogP contribution is -2.56. The van der Waals surface area contributed by atoms with E-state index in [9.17, 15) is 22.7 Å². The molecule has 0 aliphatic rings. The van der Waals surface area contributed by atoms with Gasteiger partial charge in [0.25, 0.3) is 5.67 Å². The van der Waals surface area contributed by atoms with Crippen molar-refractivity contribution in [2.75, 3.05) is 6.61 Å². The summed E-state index contributed by atoms with van der Waals surface area (Å²) in [6.45, 7) is 2.17. The lowest BCUT2D eigenvalue weighted by molar-refractivity contribution is -0.265. The molecular formula is C21H22F4O3.